The van der Waals surface area contributed by atoms with Gasteiger partial charge >= 0.3 is 0 Å². The number of hydrogen-bond donors (Lipinski definition) is 0. The SMILES string of the molecule is CN1CCN(c2ccc3c(c2)CC(c2ccc4c(c2)CC(c2cnccn2)=N4)=N3)CC1. The van der Waals surface area contributed by atoms with Gasteiger partial charge in [-0.1, -0.05) is 6.07 Å². The van der Waals surface area contributed by atoms with E-state index in [1.54, 1.807) is 18.6 Å². The lowest BCUT2D eigenvalue weighted by Crippen LogP contribution is -2.44. The maximum Gasteiger partial charge on any atom is 0.103 e. The van der Waals surface area contributed by atoms with Gasteiger partial charge < -0.3 is 9.80 Å². The molecule has 1 saturated heterocycles. The number of likely N-dealkylation sites (N-methyl/N-ethyl adjacent to an activating group) is 1. The van der Waals surface area contributed by atoms with Gasteiger partial charge in [0, 0.05) is 57.1 Å². The van der Waals surface area contributed by atoms with Gasteiger partial charge in [-0.3, -0.25) is 20.0 Å². The zero-order valence-corrected chi connectivity index (χ0v) is 17.6. The van der Waals surface area contributed by atoms with Gasteiger partial charge in [-0.15, -0.1) is 0 Å². The standard InChI is InChI=1S/C25H24N6/c1-30-8-10-31(11-9-30)20-3-5-22-19(13-20)14-23(28-22)17-2-4-21-18(12-17)15-24(29-21)25-16-26-6-7-27-25/h2-7,12-13,16H,8-11,14-15H2,1H3. The summed E-state index contributed by atoms with van der Waals surface area (Å²) < 4.78 is 0. The third-order valence-corrected chi connectivity index (χ3v) is 6.43. The van der Waals surface area contributed by atoms with Crippen molar-refractivity contribution < 1.29 is 0 Å². The average molecular weight is 409 g/mol. The molecule has 0 bridgehead atoms. The van der Waals surface area contributed by atoms with Crippen LogP contribution >= 0.6 is 0 Å². The Morgan fingerprint density at radius 1 is 0.774 bits per heavy atom. The fourth-order valence-electron chi connectivity index (χ4n) is 4.59. The van der Waals surface area contributed by atoms with Gasteiger partial charge in [0.15, 0.2) is 0 Å². The van der Waals surface area contributed by atoms with Crippen molar-refractivity contribution in [3.8, 4) is 0 Å². The molecule has 0 N–H and O–H groups in total. The van der Waals surface area contributed by atoms with Crippen molar-refractivity contribution in [1.82, 2.24) is 14.9 Å². The van der Waals surface area contributed by atoms with Crippen LogP contribution in [0.3, 0.4) is 0 Å². The summed E-state index contributed by atoms with van der Waals surface area (Å²) in [6.07, 6.45) is 6.85. The maximum atomic E-state index is 4.95. The molecule has 4 heterocycles. The Kier molecular flexibility index (Phi) is 4.39. The van der Waals surface area contributed by atoms with Crippen LogP contribution in [0.25, 0.3) is 0 Å². The van der Waals surface area contributed by atoms with Crippen LogP contribution in [0.2, 0.25) is 0 Å². The van der Waals surface area contributed by atoms with Crippen molar-refractivity contribution >= 4 is 28.5 Å². The second-order valence-electron chi connectivity index (χ2n) is 8.51. The third kappa shape index (κ3) is 3.43. The molecule has 6 rings (SSSR count). The quantitative estimate of drug-likeness (QED) is 0.665. The molecule has 0 saturated carbocycles. The molecule has 0 unspecified atom stereocenters. The van der Waals surface area contributed by atoms with E-state index in [1.165, 1.54) is 22.4 Å². The highest BCUT2D eigenvalue weighted by molar-refractivity contribution is 6.09. The van der Waals surface area contributed by atoms with Crippen molar-refractivity contribution in [2.75, 3.05) is 38.1 Å². The lowest BCUT2D eigenvalue weighted by molar-refractivity contribution is 0.313. The van der Waals surface area contributed by atoms with Crippen LogP contribution in [0.5, 0.6) is 0 Å². The predicted molar refractivity (Wildman–Crippen MR) is 124 cm³/mol. The van der Waals surface area contributed by atoms with Crippen molar-refractivity contribution in [2.45, 2.75) is 12.8 Å². The van der Waals surface area contributed by atoms with Gasteiger partial charge in [0.2, 0.25) is 0 Å². The summed E-state index contributed by atoms with van der Waals surface area (Å²) in [5.74, 6) is 0. The molecular formula is C25H24N6. The summed E-state index contributed by atoms with van der Waals surface area (Å²) in [5, 5.41) is 0. The number of fused-ring (bicyclic) bond motifs is 2. The van der Waals surface area contributed by atoms with E-state index in [0.717, 1.165) is 67.5 Å². The van der Waals surface area contributed by atoms with Crippen molar-refractivity contribution in [3.05, 3.63) is 77.4 Å². The Labute approximate surface area is 182 Å². The van der Waals surface area contributed by atoms with Crippen molar-refractivity contribution in [2.24, 2.45) is 9.98 Å². The molecule has 0 atom stereocenters. The number of piperazine rings is 1. The molecular weight excluding hydrogens is 384 g/mol. The van der Waals surface area contributed by atoms with E-state index in [9.17, 15) is 0 Å². The van der Waals surface area contributed by atoms with Crippen LogP contribution in [0.1, 0.15) is 22.4 Å². The van der Waals surface area contributed by atoms with Crippen LogP contribution in [0.15, 0.2) is 65.0 Å². The summed E-state index contributed by atoms with van der Waals surface area (Å²) >= 11 is 0. The normalized spacial score (nSPS) is 17.9. The molecule has 0 aliphatic carbocycles. The molecule has 1 fully saturated rings. The molecule has 0 radical (unpaired) electrons. The first-order valence-electron chi connectivity index (χ1n) is 10.8. The summed E-state index contributed by atoms with van der Waals surface area (Å²) in [6, 6.07) is 13.2. The van der Waals surface area contributed by atoms with Gasteiger partial charge in [-0.05, 0) is 54.1 Å². The molecule has 31 heavy (non-hydrogen) atoms. The highest BCUT2D eigenvalue weighted by atomic mass is 15.2. The van der Waals surface area contributed by atoms with Gasteiger partial charge in [0.1, 0.15) is 5.69 Å². The summed E-state index contributed by atoms with van der Waals surface area (Å²) in [4.78, 5) is 23.2. The molecule has 0 spiro atoms. The zero-order valence-electron chi connectivity index (χ0n) is 17.6. The first kappa shape index (κ1) is 18.4. The molecule has 6 nitrogen and oxygen atoms in total. The van der Waals surface area contributed by atoms with E-state index in [4.69, 9.17) is 9.98 Å². The number of anilines is 1. The van der Waals surface area contributed by atoms with Crippen molar-refractivity contribution in [1.29, 1.82) is 0 Å². The van der Waals surface area contributed by atoms with E-state index < -0.39 is 0 Å². The fourth-order valence-corrected chi connectivity index (χ4v) is 4.59. The topological polar surface area (TPSA) is 57.0 Å². The van der Waals surface area contributed by atoms with Crippen LogP contribution in [0, 0.1) is 0 Å². The zero-order chi connectivity index (χ0) is 20.8. The van der Waals surface area contributed by atoms with Gasteiger partial charge in [-0.25, -0.2) is 0 Å². The summed E-state index contributed by atoms with van der Waals surface area (Å²) in [6.45, 7) is 4.41. The molecule has 6 heteroatoms. The van der Waals surface area contributed by atoms with E-state index in [1.807, 2.05) is 0 Å². The Hall–Kier alpha value is -3.38. The number of hydrogen-bond acceptors (Lipinski definition) is 6. The Balaban J connectivity index is 1.21. The average Bonchev–Trinajstić information content (AvgIpc) is 3.43. The molecule has 154 valence electrons. The number of aromatic nitrogens is 2. The minimum Gasteiger partial charge on any atom is -0.369 e. The third-order valence-electron chi connectivity index (χ3n) is 6.43. The van der Waals surface area contributed by atoms with Crippen molar-refractivity contribution in [3.63, 3.8) is 0 Å². The summed E-state index contributed by atoms with van der Waals surface area (Å²) in [5.41, 5.74) is 10.2. The van der Waals surface area contributed by atoms with Crippen LogP contribution in [-0.2, 0) is 12.8 Å². The van der Waals surface area contributed by atoms with E-state index in [0.29, 0.717) is 0 Å². The minimum absolute atomic E-state index is 0.787. The Bertz CT molecular complexity index is 1210. The number of benzene rings is 2. The predicted octanol–water partition coefficient (Wildman–Crippen LogP) is 3.58. The number of rotatable bonds is 3. The van der Waals surface area contributed by atoms with E-state index in [2.05, 4.69) is 63.2 Å². The molecule has 1 aromatic heterocycles. The fraction of sp³-hybridized carbons (Fsp3) is 0.280. The molecule has 3 aromatic rings. The molecule has 3 aliphatic heterocycles. The number of aliphatic imine (C=N–C) groups is 2. The number of nitrogens with zero attached hydrogens (tertiary/aromatic N) is 6. The largest absolute Gasteiger partial charge is 0.369 e. The van der Waals surface area contributed by atoms with Gasteiger partial charge in [0.25, 0.3) is 0 Å². The monoisotopic (exact) mass is 408 g/mol. The molecule has 0 amide bonds. The molecule has 2 aromatic carbocycles. The minimum atomic E-state index is 0.787. The van der Waals surface area contributed by atoms with Crippen LogP contribution in [-0.4, -0.2) is 59.5 Å². The maximum absolute atomic E-state index is 4.95. The summed E-state index contributed by atoms with van der Waals surface area (Å²) in [7, 11) is 2.19. The first-order valence-corrected chi connectivity index (χ1v) is 10.8. The first-order chi connectivity index (χ1) is 15.2. The second kappa shape index (κ2) is 7.39. The smallest absolute Gasteiger partial charge is 0.103 e. The van der Waals surface area contributed by atoms with E-state index >= 15 is 0 Å². The van der Waals surface area contributed by atoms with Crippen LogP contribution < -0.4 is 4.90 Å². The lowest BCUT2D eigenvalue weighted by atomic mass is 9.99. The van der Waals surface area contributed by atoms with E-state index in [-0.39, 0.29) is 0 Å². The Morgan fingerprint density at radius 3 is 2.32 bits per heavy atom. The highest BCUT2D eigenvalue weighted by Gasteiger charge is 2.22. The van der Waals surface area contributed by atoms with Crippen LogP contribution in [0.4, 0.5) is 17.1 Å². The molecule has 3 aliphatic rings. The lowest BCUT2D eigenvalue weighted by Gasteiger charge is -2.34. The Morgan fingerprint density at radius 2 is 1.52 bits per heavy atom. The van der Waals surface area contributed by atoms with Gasteiger partial charge in [-0.2, -0.15) is 0 Å². The second-order valence-corrected chi connectivity index (χ2v) is 8.51. The highest BCUT2D eigenvalue weighted by Crippen LogP contribution is 2.35. The van der Waals surface area contributed by atoms with Gasteiger partial charge in [0.05, 0.1) is 29.0 Å².